The number of aromatic nitrogens is 3. The number of amides is 1. The Morgan fingerprint density at radius 2 is 1.77 bits per heavy atom. The standard InChI is InChI=1S/C17H19F3N4OS/c1-23-15(17(18,19)20)21-22-16(23)26-13(12-8-4-2-5-9-12)14(25)24-10-6-3-7-11-24/h2,4-5,8-9,13H,3,6-7,10-11H2,1H3/t13-/m1/s1. The number of carbonyl (C=O) groups excluding carboxylic acids is 1. The van der Waals surface area contributed by atoms with Gasteiger partial charge >= 0.3 is 6.18 Å². The van der Waals surface area contributed by atoms with Crippen LogP contribution in [-0.2, 0) is 18.0 Å². The van der Waals surface area contributed by atoms with Crippen molar-refractivity contribution in [1.82, 2.24) is 19.7 Å². The highest BCUT2D eigenvalue weighted by molar-refractivity contribution is 8.00. The van der Waals surface area contributed by atoms with Crippen molar-refractivity contribution in [1.29, 1.82) is 0 Å². The van der Waals surface area contributed by atoms with Gasteiger partial charge in [0.05, 0.1) is 0 Å². The van der Waals surface area contributed by atoms with Crippen molar-refractivity contribution >= 4 is 17.7 Å². The average Bonchev–Trinajstić information content (AvgIpc) is 3.01. The summed E-state index contributed by atoms with van der Waals surface area (Å²) >= 11 is 1.01. The lowest BCUT2D eigenvalue weighted by molar-refractivity contribution is -0.147. The van der Waals surface area contributed by atoms with E-state index in [1.54, 1.807) is 17.0 Å². The Hall–Kier alpha value is -2.03. The lowest BCUT2D eigenvalue weighted by atomic mass is 10.1. The maximum Gasteiger partial charge on any atom is 0.451 e. The number of piperidine rings is 1. The van der Waals surface area contributed by atoms with Crippen LogP contribution < -0.4 is 0 Å². The van der Waals surface area contributed by atoms with E-state index in [0.29, 0.717) is 13.1 Å². The summed E-state index contributed by atoms with van der Waals surface area (Å²) in [7, 11) is 1.26. The number of hydrogen-bond donors (Lipinski definition) is 0. The fourth-order valence-electron chi connectivity index (χ4n) is 2.94. The molecule has 2 aromatic rings. The van der Waals surface area contributed by atoms with Crippen molar-refractivity contribution in [3.63, 3.8) is 0 Å². The largest absolute Gasteiger partial charge is 0.451 e. The van der Waals surface area contributed by atoms with Crippen molar-refractivity contribution < 1.29 is 18.0 Å². The smallest absolute Gasteiger partial charge is 0.341 e. The van der Waals surface area contributed by atoms with E-state index in [4.69, 9.17) is 0 Å². The molecule has 1 amide bonds. The quantitative estimate of drug-likeness (QED) is 0.755. The molecule has 0 saturated carbocycles. The Balaban J connectivity index is 1.89. The zero-order valence-electron chi connectivity index (χ0n) is 14.2. The van der Waals surface area contributed by atoms with Crippen LogP contribution in [0.25, 0.3) is 0 Å². The van der Waals surface area contributed by atoms with E-state index in [0.717, 1.165) is 41.2 Å². The third-order valence-electron chi connectivity index (χ3n) is 4.31. The summed E-state index contributed by atoms with van der Waals surface area (Å²) in [4.78, 5) is 14.8. The van der Waals surface area contributed by atoms with Crippen molar-refractivity contribution in [2.45, 2.75) is 35.8 Å². The van der Waals surface area contributed by atoms with Gasteiger partial charge in [0.25, 0.3) is 0 Å². The zero-order valence-corrected chi connectivity index (χ0v) is 15.1. The first-order valence-electron chi connectivity index (χ1n) is 8.35. The van der Waals surface area contributed by atoms with Crippen LogP contribution in [0.15, 0.2) is 35.5 Å². The molecule has 0 bridgehead atoms. The molecular weight excluding hydrogens is 365 g/mol. The number of rotatable bonds is 4. The van der Waals surface area contributed by atoms with Crippen LogP contribution in [-0.4, -0.2) is 38.7 Å². The highest BCUT2D eigenvalue weighted by atomic mass is 32.2. The first-order valence-corrected chi connectivity index (χ1v) is 9.23. The van der Waals surface area contributed by atoms with E-state index in [9.17, 15) is 18.0 Å². The molecule has 1 atom stereocenters. The van der Waals surface area contributed by atoms with E-state index in [2.05, 4.69) is 10.2 Å². The van der Waals surface area contributed by atoms with Crippen LogP contribution in [0.1, 0.15) is 35.9 Å². The first-order chi connectivity index (χ1) is 12.4. The van der Waals surface area contributed by atoms with Gasteiger partial charge in [0.1, 0.15) is 5.25 Å². The van der Waals surface area contributed by atoms with Crippen LogP contribution >= 0.6 is 11.8 Å². The molecule has 1 fully saturated rings. The summed E-state index contributed by atoms with van der Waals surface area (Å²) in [5.74, 6) is -1.17. The van der Waals surface area contributed by atoms with E-state index >= 15 is 0 Å². The number of thioether (sulfide) groups is 1. The summed E-state index contributed by atoms with van der Waals surface area (Å²) in [5, 5.41) is 6.32. The van der Waals surface area contributed by atoms with Crippen LogP contribution in [0, 0.1) is 0 Å². The van der Waals surface area contributed by atoms with Crippen LogP contribution in [0.5, 0.6) is 0 Å². The molecule has 1 saturated heterocycles. The van der Waals surface area contributed by atoms with E-state index < -0.39 is 17.3 Å². The Bertz CT molecular complexity index is 757. The lowest BCUT2D eigenvalue weighted by Gasteiger charge is -2.30. The molecule has 26 heavy (non-hydrogen) atoms. The minimum absolute atomic E-state index is 0.0662. The molecule has 9 heteroatoms. The highest BCUT2D eigenvalue weighted by Gasteiger charge is 2.38. The molecule has 0 aliphatic carbocycles. The van der Waals surface area contributed by atoms with Gasteiger partial charge in [-0.05, 0) is 24.8 Å². The van der Waals surface area contributed by atoms with E-state index in [1.165, 1.54) is 7.05 Å². The summed E-state index contributed by atoms with van der Waals surface area (Å²) in [6.45, 7) is 1.35. The van der Waals surface area contributed by atoms with Gasteiger partial charge in [-0.3, -0.25) is 4.79 Å². The first kappa shape index (κ1) is 18.8. The van der Waals surface area contributed by atoms with Gasteiger partial charge in [0, 0.05) is 20.1 Å². The number of likely N-dealkylation sites (tertiary alicyclic amines) is 1. The predicted molar refractivity (Wildman–Crippen MR) is 91.5 cm³/mol. The van der Waals surface area contributed by atoms with Crippen molar-refractivity contribution in [2.24, 2.45) is 7.05 Å². The maximum absolute atomic E-state index is 13.0. The second-order valence-corrected chi connectivity index (χ2v) is 7.23. The molecule has 140 valence electrons. The molecular formula is C17H19F3N4OS. The fourth-order valence-corrected chi connectivity index (χ4v) is 4.03. The Morgan fingerprint density at radius 3 is 2.35 bits per heavy atom. The molecule has 1 aliphatic heterocycles. The normalized spacial score (nSPS) is 16.5. The number of carbonyl (C=O) groups is 1. The average molecular weight is 384 g/mol. The molecule has 0 spiro atoms. The SMILES string of the molecule is Cn1c(S[C@@H](C(=O)N2CCCCC2)c2ccccc2)nnc1C(F)(F)F. The number of alkyl halides is 3. The molecule has 1 aliphatic rings. The summed E-state index contributed by atoms with van der Waals surface area (Å²) in [6.07, 6.45) is -1.61. The number of hydrogen-bond acceptors (Lipinski definition) is 4. The number of nitrogens with zero attached hydrogens (tertiary/aromatic N) is 4. The summed E-state index contributed by atoms with van der Waals surface area (Å²) in [6, 6.07) is 9.07. The van der Waals surface area contributed by atoms with Crippen LogP contribution in [0.3, 0.4) is 0 Å². The van der Waals surface area contributed by atoms with Gasteiger partial charge in [-0.2, -0.15) is 13.2 Å². The second kappa shape index (κ2) is 7.69. The monoisotopic (exact) mass is 384 g/mol. The van der Waals surface area contributed by atoms with E-state index in [1.807, 2.05) is 18.2 Å². The van der Waals surface area contributed by atoms with Gasteiger partial charge in [0.15, 0.2) is 5.16 Å². The van der Waals surface area contributed by atoms with Crippen LogP contribution in [0.4, 0.5) is 13.2 Å². The van der Waals surface area contributed by atoms with Gasteiger partial charge in [-0.25, -0.2) is 0 Å². The molecule has 3 rings (SSSR count). The highest BCUT2D eigenvalue weighted by Crippen LogP contribution is 2.38. The molecule has 1 aromatic heterocycles. The van der Waals surface area contributed by atoms with Crippen molar-refractivity contribution in [3.05, 3.63) is 41.7 Å². The lowest BCUT2D eigenvalue weighted by Crippen LogP contribution is -2.38. The van der Waals surface area contributed by atoms with Gasteiger partial charge in [-0.1, -0.05) is 42.1 Å². The topological polar surface area (TPSA) is 51.0 Å². The van der Waals surface area contributed by atoms with Gasteiger partial charge in [-0.15, -0.1) is 10.2 Å². The zero-order chi connectivity index (χ0) is 18.7. The predicted octanol–water partition coefficient (Wildman–Crippen LogP) is 3.68. The number of benzene rings is 1. The minimum Gasteiger partial charge on any atom is -0.341 e. The Kier molecular flexibility index (Phi) is 5.55. The molecule has 0 N–H and O–H groups in total. The summed E-state index contributed by atoms with van der Waals surface area (Å²) in [5.41, 5.74) is 0.740. The van der Waals surface area contributed by atoms with Gasteiger partial charge < -0.3 is 9.47 Å². The minimum atomic E-state index is -4.58. The molecule has 0 radical (unpaired) electrons. The van der Waals surface area contributed by atoms with Crippen molar-refractivity contribution in [3.8, 4) is 0 Å². The second-order valence-electron chi connectivity index (χ2n) is 6.16. The third-order valence-corrected chi connectivity index (χ3v) is 5.58. The Morgan fingerprint density at radius 1 is 1.12 bits per heavy atom. The van der Waals surface area contributed by atoms with Gasteiger partial charge in [0.2, 0.25) is 11.7 Å². The summed E-state index contributed by atoms with van der Waals surface area (Å²) < 4.78 is 39.8. The molecule has 5 nitrogen and oxygen atoms in total. The molecule has 1 aromatic carbocycles. The molecule has 2 heterocycles. The molecule has 0 unspecified atom stereocenters. The van der Waals surface area contributed by atoms with Crippen molar-refractivity contribution in [2.75, 3.05) is 13.1 Å². The number of halogens is 3. The van der Waals surface area contributed by atoms with Crippen LogP contribution in [0.2, 0.25) is 0 Å². The fraction of sp³-hybridized carbons (Fsp3) is 0.471. The maximum atomic E-state index is 13.0. The van der Waals surface area contributed by atoms with E-state index in [-0.39, 0.29) is 11.1 Å². The Labute approximate surface area is 153 Å². The third kappa shape index (κ3) is 4.03.